The Bertz CT molecular complexity index is 1140. The minimum absolute atomic E-state index is 0.0788. The van der Waals surface area contributed by atoms with E-state index in [0.29, 0.717) is 23.6 Å². The number of para-hydroxylation sites is 1. The van der Waals surface area contributed by atoms with Gasteiger partial charge in [-0.25, -0.2) is 4.98 Å². The van der Waals surface area contributed by atoms with Crippen LogP contribution in [-0.4, -0.2) is 45.3 Å². The third kappa shape index (κ3) is 4.07. The maximum atomic E-state index is 14.1. The van der Waals surface area contributed by atoms with Crippen molar-refractivity contribution < 1.29 is 9.59 Å². The molecule has 1 aromatic carbocycles. The molecular formula is C28H33N5O2. The Morgan fingerprint density at radius 1 is 1.09 bits per heavy atom. The minimum atomic E-state index is -0.188. The normalized spacial score (nSPS) is 31.4. The molecule has 1 aromatic heterocycles. The van der Waals surface area contributed by atoms with E-state index in [1.165, 1.54) is 18.1 Å². The van der Waals surface area contributed by atoms with Crippen molar-refractivity contribution in [1.82, 2.24) is 20.2 Å². The van der Waals surface area contributed by atoms with Crippen molar-refractivity contribution in [3.8, 4) is 0 Å². The number of imidazole rings is 1. The van der Waals surface area contributed by atoms with Gasteiger partial charge in [0.25, 0.3) is 5.91 Å². The molecule has 1 saturated heterocycles. The number of amides is 2. The number of benzene rings is 1. The fraction of sp³-hybridized carbons (Fsp3) is 0.464. The van der Waals surface area contributed by atoms with Crippen molar-refractivity contribution in [1.29, 1.82) is 0 Å². The number of fused-ring (bicyclic) bond motifs is 3. The second kappa shape index (κ2) is 9.36. The fourth-order valence-corrected chi connectivity index (χ4v) is 6.74. The van der Waals surface area contributed by atoms with Crippen molar-refractivity contribution in [3.63, 3.8) is 0 Å². The van der Waals surface area contributed by atoms with Crippen molar-refractivity contribution in [3.05, 3.63) is 72.4 Å². The zero-order valence-electron chi connectivity index (χ0n) is 19.9. The average molecular weight is 472 g/mol. The number of nitrogens with one attached hydrogen (secondary N) is 3. The number of rotatable bonds is 4. The molecule has 1 saturated carbocycles. The Morgan fingerprint density at radius 2 is 1.97 bits per heavy atom. The zero-order valence-corrected chi connectivity index (χ0v) is 19.9. The first-order valence-electron chi connectivity index (χ1n) is 13.0. The highest BCUT2D eigenvalue weighted by molar-refractivity contribution is 5.93. The topological polar surface area (TPSA) is 90.1 Å². The van der Waals surface area contributed by atoms with E-state index in [0.717, 1.165) is 50.8 Å². The summed E-state index contributed by atoms with van der Waals surface area (Å²) in [5, 5.41) is 6.98. The SMILES string of the molecule is O=C(N[C@@H]1CCCC[C@@H]1C(=O)N1CC[C@@H]2[C@H](C3C=CC=CC3)Nc3ccccc3[C@@H]21)c1cnc[nH]1. The molecule has 0 spiro atoms. The van der Waals surface area contributed by atoms with Gasteiger partial charge in [-0.3, -0.25) is 9.59 Å². The quantitative estimate of drug-likeness (QED) is 0.623. The molecule has 35 heavy (non-hydrogen) atoms. The minimum Gasteiger partial charge on any atom is -0.381 e. The number of hydrogen-bond donors (Lipinski definition) is 3. The number of likely N-dealkylation sites (tertiary alicyclic amines) is 1. The summed E-state index contributed by atoms with van der Waals surface area (Å²) in [4.78, 5) is 35.9. The summed E-state index contributed by atoms with van der Waals surface area (Å²) in [6, 6.07) is 8.71. The molecule has 4 aliphatic rings. The molecule has 7 heteroatoms. The van der Waals surface area contributed by atoms with Gasteiger partial charge < -0.3 is 20.5 Å². The summed E-state index contributed by atoms with van der Waals surface area (Å²) < 4.78 is 0. The Hall–Kier alpha value is -3.35. The van der Waals surface area contributed by atoms with Crippen molar-refractivity contribution in [2.75, 3.05) is 11.9 Å². The molecule has 3 N–H and O–H groups in total. The molecule has 0 radical (unpaired) electrons. The maximum Gasteiger partial charge on any atom is 0.269 e. The monoisotopic (exact) mass is 471 g/mol. The van der Waals surface area contributed by atoms with E-state index in [-0.39, 0.29) is 29.8 Å². The van der Waals surface area contributed by atoms with Crippen LogP contribution in [0.25, 0.3) is 0 Å². The lowest BCUT2D eigenvalue weighted by molar-refractivity contribution is -0.139. The van der Waals surface area contributed by atoms with E-state index in [9.17, 15) is 9.59 Å². The van der Waals surface area contributed by atoms with Crippen molar-refractivity contribution >= 4 is 17.5 Å². The van der Waals surface area contributed by atoms with E-state index in [4.69, 9.17) is 0 Å². The van der Waals surface area contributed by atoms with E-state index in [1.54, 1.807) is 0 Å². The predicted molar refractivity (Wildman–Crippen MR) is 135 cm³/mol. The van der Waals surface area contributed by atoms with Crippen LogP contribution in [0, 0.1) is 17.8 Å². The van der Waals surface area contributed by atoms with Crippen LogP contribution in [0.15, 0.2) is 61.1 Å². The van der Waals surface area contributed by atoms with E-state index in [1.807, 2.05) is 0 Å². The zero-order chi connectivity index (χ0) is 23.8. The van der Waals surface area contributed by atoms with E-state index >= 15 is 0 Å². The van der Waals surface area contributed by atoms with Gasteiger partial charge in [-0.2, -0.15) is 0 Å². The van der Waals surface area contributed by atoms with Crippen molar-refractivity contribution in [2.24, 2.45) is 17.8 Å². The second-order valence-electron chi connectivity index (χ2n) is 10.3. The first kappa shape index (κ1) is 22.1. The molecule has 2 aliphatic carbocycles. The van der Waals surface area contributed by atoms with Crippen LogP contribution >= 0.6 is 0 Å². The highest BCUT2D eigenvalue weighted by atomic mass is 16.2. The fourth-order valence-electron chi connectivity index (χ4n) is 6.74. The lowest BCUT2D eigenvalue weighted by Crippen LogP contribution is -2.51. The van der Waals surface area contributed by atoms with Gasteiger partial charge in [-0.1, -0.05) is 55.3 Å². The first-order chi connectivity index (χ1) is 17.2. The highest BCUT2D eigenvalue weighted by Gasteiger charge is 2.49. The molecule has 2 amide bonds. The number of allylic oxidation sites excluding steroid dienone is 3. The molecule has 3 heterocycles. The molecule has 6 atom stereocenters. The Balaban J connectivity index is 1.27. The second-order valence-corrected chi connectivity index (χ2v) is 10.3. The number of anilines is 1. The number of hydrogen-bond acceptors (Lipinski definition) is 4. The lowest BCUT2D eigenvalue weighted by Gasteiger charge is -2.44. The van der Waals surface area contributed by atoms with Crippen LogP contribution in [0.4, 0.5) is 5.69 Å². The van der Waals surface area contributed by atoms with Gasteiger partial charge >= 0.3 is 0 Å². The number of aromatic nitrogens is 2. The Morgan fingerprint density at radius 3 is 2.80 bits per heavy atom. The lowest BCUT2D eigenvalue weighted by atomic mass is 9.75. The number of carbonyl (C=O) groups is 2. The summed E-state index contributed by atoms with van der Waals surface area (Å²) in [7, 11) is 0. The molecule has 7 nitrogen and oxygen atoms in total. The summed E-state index contributed by atoms with van der Waals surface area (Å²) in [5.74, 6) is 0.619. The number of nitrogens with zero attached hydrogens (tertiary/aromatic N) is 2. The molecule has 6 rings (SSSR count). The predicted octanol–water partition coefficient (Wildman–Crippen LogP) is 4.21. The van der Waals surface area contributed by atoms with Crippen LogP contribution in [0.3, 0.4) is 0 Å². The molecule has 1 unspecified atom stereocenters. The first-order valence-corrected chi connectivity index (χ1v) is 13.0. The van der Waals surface area contributed by atoms with Crippen LogP contribution in [-0.2, 0) is 4.79 Å². The van der Waals surface area contributed by atoms with Gasteiger partial charge in [0.2, 0.25) is 5.91 Å². The third-order valence-corrected chi connectivity index (χ3v) is 8.41. The van der Waals surface area contributed by atoms with Crippen LogP contribution in [0.2, 0.25) is 0 Å². The summed E-state index contributed by atoms with van der Waals surface area (Å²) >= 11 is 0. The number of H-pyrrole nitrogens is 1. The molecule has 2 fully saturated rings. The molecular weight excluding hydrogens is 438 g/mol. The summed E-state index contributed by atoms with van der Waals surface area (Å²) in [6.07, 6.45) is 17.6. The molecule has 2 aromatic rings. The van der Waals surface area contributed by atoms with Gasteiger partial charge in [0.05, 0.1) is 24.5 Å². The Labute approximate surface area is 206 Å². The average Bonchev–Trinajstić information content (AvgIpc) is 3.60. The third-order valence-electron chi connectivity index (χ3n) is 8.41. The smallest absolute Gasteiger partial charge is 0.269 e. The maximum absolute atomic E-state index is 14.1. The number of carbonyl (C=O) groups excluding carboxylic acids is 2. The van der Waals surface area contributed by atoms with Gasteiger partial charge in [-0.05, 0) is 37.3 Å². The van der Waals surface area contributed by atoms with Gasteiger partial charge in [0.15, 0.2) is 0 Å². The number of aromatic amines is 1. The van der Waals surface area contributed by atoms with Crippen LogP contribution in [0.5, 0.6) is 0 Å². The largest absolute Gasteiger partial charge is 0.381 e. The van der Waals surface area contributed by atoms with Gasteiger partial charge in [0, 0.05) is 36.2 Å². The van der Waals surface area contributed by atoms with Crippen LogP contribution < -0.4 is 10.6 Å². The highest BCUT2D eigenvalue weighted by Crippen LogP contribution is 2.49. The van der Waals surface area contributed by atoms with E-state index in [2.05, 4.69) is 74.1 Å². The van der Waals surface area contributed by atoms with Gasteiger partial charge in [-0.15, -0.1) is 0 Å². The summed E-state index contributed by atoms with van der Waals surface area (Å²) in [5.41, 5.74) is 2.81. The molecule has 182 valence electrons. The van der Waals surface area contributed by atoms with Crippen LogP contribution in [0.1, 0.15) is 60.6 Å². The Kier molecular flexibility index (Phi) is 5.92. The molecule has 2 aliphatic heterocycles. The standard InChI is InChI=1S/C28H33N5O2/c34-27(24-16-29-17-30-24)32-23-13-7-5-11-20(23)28(35)33-15-14-21-25(18-8-2-1-3-9-18)31-22-12-6-4-10-19(22)26(21)33/h1-4,6,8,10,12,16-18,20-21,23,25-26,31H,5,7,9,11,13-15H2,(H,29,30)(H,32,34)/t18?,20-,21+,23+,25-,26-/m0/s1. The summed E-state index contributed by atoms with van der Waals surface area (Å²) in [6.45, 7) is 0.769. The van der Waals surface area contributed by atoms with Crippen molar-refractivity contribution in [2.45, 2.75) is 56.7 Å². The van der Waals surface area contributed by atoms with E-state index < -0.39 is 0 Å². The van der Waals surface area contributed by atoms with Gasteiger partial charge in [0.1, 0.15) is 5.69 Å². The molecule has 0 bridgehead atoms.